The lowest BCUT2D eigenvalue weighted by molar-refractivity contribution is -0.141. The summed E-state index contributed by atoms with van der Waals surface area (Å²) in [6.07, 6.45) is 2.61. The van der Waals surface area contributed by atoms with E-state index in [1.165, 1.54) is 0 Å². The minimum atomic E-state index is -0.642. The fraction of sp³-hybridized carbons (Fsp3) is 0.360. The lowest BCUT2D eigenvalue weighted by atomic mass is 9.76. The van der Waals surface area contributed by atoms with Crippen LogP contribution in [0.15, 0.2) is 50.8 Å². The maximum atomic E-state index is 12.7. The first-order valence-electron chi connectivity index (χ1n) is 11.5. The van der Waals surface area contributed by atoms with Gasteiger partial charge in [0.15, 0.2) is 5.58 Å². The zero-order valence-electron chi connectivity index (χ0n) is 19.3. The number of rotatable bonds is 4. The summed E-state index contributed by atoms with van der Waals surface area (Å²) in [6.45, 7) is 8.42. The maximum absolute atomic E-state index is 12.7. The Balaban J connectivity index is 1.35. The molecule has 176 valence electrons. The normalized spacial score (nSPS) is 18.1. The van der Waals surface area contributed by atoms with Gasteiger partial charge in [0.05, 0.1) is 16.9 Å². The molecule has 0 unspecified atom stereocenters. The smallest absolute Gasteiger partial charge is 0.292 e. The van der Waals surface area contributed by atoms with E-state index >= 15 is 0 Å². The number of nitrogens with zero attached hydrogens (tertiary/aromatic N) is 5. The number of benzene rings is 2. The molecule has 4 N–H and O–H groups in total. The van der Waals surface area contributed by atoms with Crippen LogP contribution < -0.4 is 11.5 Å². The number of aliphatic imine (C=N–C) groups is 2. The average molecular weight is 460 g/mol. The van der Waals surface area contributed by atoms with Crippen LogP contribution in [-0.4, -0.2) is 65.0 Å². The van der Waals surface area contributed by atoms with Crippen molar-refractivity contribution in [1.82, 2.24) is 14.8 Å². The van der Waals surface area contributed by atoms with E-state index in [4.69, 9.17) is 20.9 Å². The predicted octanol–water partition coefficient (Wildman–Crippen LogP) is 3.48. The van der Waals surface area contributed by atoms with Gasteiger partial charge < -0.3 is 25.7 Å². The number of amidine groups is 1. The summed E-state index contributed by atoms with van der Waals surface area (Å²) in [5.41, 5.74) is 16.0. The van der Waals surface area contributed by atoms with E-state index in [0.29, 0.717) is 29.9 Å². The number of amides is 1. The summed E-state index contributed by atoms with van der Waals surface area (Å²) in [5.74, 6) is 0.963. The Labute approximate surface area is 198 Å². The van der Waals surface area contributed by atoms with Gasteiger partial charge in [-0.1, -0.05) is 12.1 Å². The molecule has 1 saturated heterocycles. The van der Waals surface area contributed by atoms with Crippen molar-refractivity contribution in [3.63, 3.8) is 0 Å². The first kappa shape index (κ1) is 22.1. The topological polar surface area (TPSA) is 126 Å². The molecule has 9 heteroatoms. The number of piperazine rings is 1. The molecule has 1 amide bonds. The minimum absolute atomic E-state index is 0.0877. The molecular weight excluding hydrogens is 430 g/mol. The minimum Gasteiger partial charge on any atom is -0.424 e. The average Bonchev–Trinajstić information content (AvgIpc) is 3.21. The van der Waals surface area contributed by atoms with Crippen molar-refractivity contribution in [2.75, 3.05) is 31.9 Å². The van der Waals surface area contributed by atoms with E-state index in [1.807, 2.05) is 48.2 Å². The third kappa shape index (κ3) is 4.03. The Hall–Kier alpha value is -3.72. The van der Waals surface area contributed by atoms with Crippen LogP contribution in [0.25, 0.3) is 22.2 Å². The van der Waals surface area contributed by atoms with Crippen molar-refractivity contribution in [1.29, 1.82) is 0 Å². The summed E-state index contributed by atoms with van der Waals surface area (Å²) >= 11 is 0. The summed E-state index contributed by atoms with van der Waals surface area (Å²) < 4.78 is 5.37. The molecule has 34 heavy (non-hydrogen) atoms. The standard InChI is InChI=1S/C25H29N7O2/c1-16(31-10-12-32(13-11-31)23(33)25(27)8-3-9-25)29-20-14-17(4-6-19(20)28-2)18-5-7-22-21(15-18)30-24(26)34-22/h4-7,14-15H,2-3,8-13,27H2,1H3,(H2,26,30)/b29-16+. The van der Waals surface area contributed by atoms with Crippen LogP contribution in [0.3, 0.4) is 0 Å². The highest BCUT2D eigenvalue weighted by Crippen LogP contribution is 2.35. The van der Waals surface area contributed by atoms with E-state index in [-0.39, 0.29) is 11.9 Å². The number of carbonyl (C=O) groups is 1. The van der Waals surface area contributed by atoms with Gasteiger partial charge in [-0.3, -0.25) is 9.79 Å². The highest BCUT2D eigenvalue weighted by Gasteiger charge is 2.43. The molecule has 0 bridgehead atoms. The van der Waals surface area contributed by atoms with Crippen LogP contribution in [0.5, 0.6) is 0 Å². The molecule has 2 heterocycles. The highest BCUT2D eigenvalue weighted by atomic mass is 16.4. The van der Waals surface area contributed by atoms with Crippen molar-refractivity contribution < 1.29 is 9.21 Å². The monoisotopic (exact) mass is 459 g/mol. The largest absolute Gasteiger partial charge is 0.424 e. The van der Waals surface area contributed by atoms with Crippen LogP contribution in [0.2, 0.25) is 0 Å². The van der Waals surface area contributed by atoms with Gasteiger partial charge in [-0.2, -0.15) is 4.98 Å². The van der Waals surface area contributed by atoms with Gasteiger partial charge in [-0.05, 0) is 68.3 Å². The molecule has 2 aromatic carbocycles. The van der Waals surface area contributed by atoms with Crippen LogP contribution in [0.1, 0.15) is 26.2 Å². The first-order chi connectivity index (χ1) is 16.4. The molecule has 2 fully saturated rings. The summed E-state index contributed by atoms with van der Waals surface area (Å²) in [6, 6.07) is 11.8. The molecule has 0 spiro atoms. The Bertz CT molecular complexity index is 1280. The molecule has 9 nitrogen and oxygen atoms in total. The Kier molecular flexibility index (Phi) is 5.57. The van der Waals surface area contributed by atoms with Crippen molar-refractivity contribution in [2.45, 2.75) is 31.7 Å². The molecular formula is C25H29N7O2. The predicted molar refractivity (Wildman–Crippen MR) is 135 cm³/mol. The number of fused-ring (bicyclic) bond motifs is 1. The first-order valence-corrected chi connectivity index (χ1v) is 11.5. The number of aromatic nitrogens is 1. The van der Waals surface area contributed by atoms with Crippen LogP contribution in [-0.2, 0) is 4.79 Å². The van der Waals surface area contributed by atoms with Crippen molar-refractivity contribution in [3.05, 3.63) is 36.4 Å². The molecule has 1 aliphatic carbocycles. The van der Waals surface area contributed by atoms with E-state index in [1.54, 1.807) is 0 Å². The number of nitrogens with two attached hydrogens (primary N) is 2. The van der Waals surface area contributed by atoms with E-state index in [0.717, 1.165) is 55.0 Å². The molecule has 1 aromatic heterocycles. The second-order valence-corrected chi connectivity index (χ2v) is 9.04. The second-order valence-electron chi connectivity index (χ2n) is 9.04. The zero-order valence-corrected chi connectivity index (χ0v) is 19.3. The third-order valence-electron chi connectivity index (χ3n) is 6.86. The van der Waals surface area contributed by atoms with E-state index in [9.17, 15) is 4.79 Å². The fourth-order valence-corrected chi connectivity index (χ4v) is 4.62. The molecule has 2 aliphatic rings. The van der Waals surface area contributed by atoms with Gasteiger partial charge in [0.2, 0.25) is 5.91 Å². The summed E-state index contributed by atoms with van der Waals surface area (Å²) in [4.78, 5) is 30.1. The zero-order chi connectivity index (χ0) is 23.9. The lowest BCUT2D eigenvalue weighted by Crippen LogP contribution is -2.62. The quantitative estimate of drug-likeness (QED) is 0.454. The number of anilines is 1. The third-order valence-corrected chi connectivity index (χ3v) is 6.86. The van der Waals surface area contributed by atoms with Crippen LogP contribution >= 0.6 is 0 Å². The fourth-order valence-electron chi connectivity index (χ4n) is 4.62. The van der Waals surface area contributed by atoms with Gasteiger partial charge in [-0.15, -0.1) is 0 Å². The molecule has 0 atom stereocenters. The van der Waals surface area contributed by atoms with Crippen molar-refractivity contribution in [2.24, 2.45) is 15.7 Å². The SMILES string of the molecule is C=Nc1ccc(-c2ccc3oc(N)nc3c2)cc1/N=C(\C)N1CCN(C(=O)C2(N)CCC2)CC1. The van der Waals surface area contributed by atoms with Gasteiger partial charge >= 0.3 is 0 Å². The number of nitrogen functional groups attached to an aromatic ring is 1. The molecule has 1 saturated carbocycles. The number of carbonyl (C=O) groups excluding carboxylic acids is 1. The second kappa shape index (κ2) is 8.57. The molecule has 1 aliphatic heterocycles. The van der Waals surface area contributed by atoms with Gasteiger partial charge in [0.1, 0.15) is 11.4 Å². The lowest BCUT2D eigenvalue weighted by Gasteiger charge is -2.43. The molecule has 3 aromatic rings. The Morgan fingerprint density at radius 3 is 2.41 bits per heavy atom. The Morgan fingerprint density at radius 2 is 1.74 bits per heavy atom. The van der Waals surface area contributed by atoms with Gasteiger partial charge in [0, 0.05) is 26.2 Å². The van der Waals surface area contributed by atoms with E-state index < -0.39 is 5.54 Å². The van der Waals surface area contributed by atoms with Crippen molar-refractivity contribution in [3.8, 4) is 11.1 Å². The molecule has 0 radical (unpaired) electrons. The molecule has 5 rings (SSSR count). The van der Waals surface area contributed by atoms with Gasteiger partial charge in [-0.25, -0.2) is 4.99 Å². The number of hydrogen-bond donors (Lipinski definition) is 2. The summed E-state index contributed by atoms with van der Waals surface area (Å²) in [7, 11) is 0. The highest BCUT2D eigenvalue weighted by molar-refractivity contribution is 5.89. The number of oxazole rings is 1. The maximum Gasteiger partial charge on any atom is 0.292 e. The number of hydrogen-bond acceptors (Lipinski definition) is 7. The van der Waals surface area contributed by atoms with Gasteiger partial charge in [0.25, 0.3) is 6.01 Å². The van der Waals surface area contributed by atoms with Crippen LogP contribution in [0, 0.1) is 0 Å². The van der Waals surface area contributed by atoms with Crippen molar-refractivity contribution >= 4 is 46.9 Å². The van der Waals surface area contributed by atoms with E-state index in [2.05, 4.69) is 21.6 Å². The summed E-state index contributed by atoms with van der Waals surface area (Å²) in [5, 5.41) is 0. The Morgan fingerprint density at radius 1 is 1.06 bits per heavy atom. The van der Waals surface area contributed by atoms with Crippen LogP contribution in [0.4, 0.5) is 17.4 Å².